The van der Waals surface area contributed by atoms with E-state index in [0.717, 1.165) is 24.4 Å². The van der Waals surface area contributed by atoms with Crippen LogP contribution in [0.1, 0.15) is 36.7 Å². The van der Waals surface area contributed by atoms with E-state index in [-0.39, 0.29) is 18.5 Å². The van der Waals surface area contributed by atoms with Crippen LogP contribution in [0.2, 0.25) is 0 Å². The number of aromatic nitrogens is 3. The lowest BCUT2D eigenvalue weighted by Crippen LogP contribution is -2.15. The number of ether oxygens (including phenoxy) is 3. The van der Waals surface area contributed by atoms with E-state index in [1.165, 1.54) is 35.7 Å². The summed E-state index contributed by atoms with van der Waals surface area (Å²) in [5.41, 5.74) is 3.49. The first-order valence-corrected chi connectivity index (χ1v) is 12.2. The number of anilines is 1. The largest absolute Gasteiger partial charge is 0.486 e. The van der Waals surface area contributed by atoms with Gasteiger partial charge in [0.15, 0.2) is 22.5 Å². The number of rotatable bonds is 8. The van der Waals surface area contributed by atoms with Gasteiger partial charge in [-0.3, -0.25) is 4.79 Å². The summed E-state index contributed by atoms with van der Waals surface area (Å²) in [7, 11) is 0. The van der Waals surface area contributed by atoms with E-state index >= 15 is 0 Å². The maximum Gasteiger partial charge on any atom is 0.234 e. The molecule has 1 aliphatic heterocycles. The summed E-state index contributed by atoms with van der Waals surface area (Å²) in [5.74, 6) is 3.01. The number of fused-ring (bicyclic) bond motifs is 2. The Labute approximate surface area is 196 Å². The Balaban J connectivity index is 1.17. The number of hydrogen-bond donors (Lipinski definition) is 1. The molecule has 9 heteroatoms. The van der Waals surface area contributed by atoms with Gasteiger partial charge in [-0.1, -0.05) is 17.8 Å². The molecule has 0 radical (unpaired) electrons. The van der Waals surface area contributed by atoms with Crippen LogP contribution in [0.25, 0.3) is 0 Å². The molecule has 0 bridgehead atoms. The summed E-state index contributed by atoms with van der Waals surface area (Å²) in [4.78, 5) is 12.4. The number of aryl methyl sites for hydroxylation is 2. The van der Waals surface area contributed by atoms with Crippen molar-refractivity contribution in [3.8, 4) is 17.2 Å². The smallest absolute Gasteiger partial charge is 0.234 e. The van der Waals surface area contributed by atoms with Crippen LogP contribution in [0.3, 0.4) is 0 Å². The molecule has 172 valence electrons. The van der Waals surface area contributed by atoms with E-state index in [1.807, 2.05) is 17.6 Å². The minimum absolute atomic E-state index is 0.128. The minimum atomic E-state index is -0.128. The molecule has 8 nitrogen and oxygen atoms in total. The van der Waals surface area contributed by atoms with Gasteiger partial charge in [-0.05, 0) is 68.0 Å². The van der Waals surface area contributed by atoms with Gasteiger partial charge in [-0.2, -0.15) is 0 Å². The number of benzene rings is 2. The number of thioether (sulfide) groups is 1. The summed E-state index contributed by atoms with van der Waals surface area (Å²) in [6.45, 7) is 3.27. The molecule has 0 saturated carbocycles. The Kier molecular flexibility index (Phi) is 6.39. The summed E-state index contributed by atoms with van der Waals surface area (Å²) in [6.07, 6.45) is 4.78. The third kappa shape index (κ3) is 4.93. The molecule has 1 amide bonds. The molecule has 1 aliphatic carbocycles. The zero-order valence-corrected chi connectivity index (χ0v) is 19.3. The van der Waals surface area contributed by atoms with E-state index in [1.54, 1.807) is 18.2 Å². The molecule has 33 heavy (non-hydrogen) atoms. The van der Waals surface area contributed by atoms with Crippen molar-refractivity contribution >= 4 is 23.4 Å². The summed E-state index contributed by atoms with van der Waals surface area (Å²) >= 11 is 1.35. The first kappa shape index (κ1) is 21.6. The van der Waals surface area contributed by atoms with Gasteiger partial charge in [-0.25, -0.2) is 0 Å². The van der Waals surface area contributed by atoms with Crippen molar-refractivity contribution in [1.29, 1.82) is 0 Å². The fourth-order valence-electron chi connectivity index (χ4n) is 4.10. The van der Waals surface area contributed by atoms with Crippen LogP contribution in [0, 0.1) is 0 Å². The molecule has 5 rings (SSSR count). The molecule has 0 saturated heterocycles. The summed E-state index contributed by atoms with van der Waals surface area (Å²) in [6, 6.07) is 11.7. The molecule has 2 aromatic carbocycles. The first-order valence-electron chi connectivity index (χ1n) is 11.2. The van der Waals surface area contributed by atoms with Crippen molar-refractivity contribution in [3.05, 3.63) is 53.3 Å². The number of nitrogens with zero attached hydrogens (tertiary/aromatic N) is 3. The highest BCUT2D eigenvalue weighted by Crippen LogP contribution is 2.34. The van der Waals surface area contributed by atoms with Gasteiger partial charge in [0.1, 0.15) is 12.4 Å². The maximum atomic E-state index is 12.4. The molecular formula is C24H26N4O4S. The highest BCUT2D eigenvalue weighted by Gasteiger charge is 2.17. The van der Waals surface area contributed by atoms with Gasteiger partial charge in [0, 0.05) is 18.3 Å². The van der Waals surface area contributed by atoms with Gasteiger partial charge in [0.05, 0.1) is 5.75 Å². The number of amides is 1. The highest BCUT2D eigenvalue weighted by atomic mass is 32.2. The highest BCUT2D eigenvalue weighted by molar-refractivity contribution is 7.99. The Morgan fingerprint density at radius 2 is 1.94 bits per heavy atom. The maximum absolute atomic E-state index is 12.4. The quantitative estimate of drug-likeness (QED) is 0.498. The SMILES string of the molecule is CCn1c(COc2ccc3c(c2)CCCC3)nnc1SCC(=O)Nc1ccc2c(c1)OCO2. The molecule has 0 fully saturated rings. The van der Waals surface area contributed by atoms with Crippen LogP contribution < -0.4 is 19.5 Å². The van der Waals surface area contributed by atoms with E-state index in [4.69, 9.17) is 14.2 Å². The zero-order chi connectivity index (χ0) is 22.6. The Morgan fingerprint density at radius 1 is 1.09 bits per heavy atom. The van der Waals surface area contributed by atoms with Crippen molar-refractivity contribution in [2.45, 2.75) is 50.9 Å². The number of carbonyl (C=O) groups is 1. The summed E-state index contributed by atoms with van der Waals surface area (Å²) < 4.78 is 18.7. The van der Waals surface area contributed by atoms with E-state index < -0.39 is 0 Å². The van der Waals surface area contributed by atoms with Crippen molar-refractivity contribution in [2.24, 2.45) is 0 Å². The lowest BCUT2D eigenvalue weighted by atomic mass is 9.92. The predicted octanol–water partition coefficient (Wildman–Crippen LogP) is 4.22. The molecule has 2 heterocycles. The second-order valence-corrected chi connectivity index (χ2v) is 8.92. The third-order valence-electron chi connectivity index (χ3n) is 5.79. The molecule has 0 atom stereocenters. The minimum Gasteiger partial charge on any atom is -0.486 e. The zero-order valence-electron chi connectivity index (χ0n) is 18.5. The van der Waals surface area contributed by atoms with Crippen LogP contribution >= 0.6 is 11.8 Å². The average Bonchev–Trinajstić information content (AvgIpc) is 3.47. The second kappa shape index (κ2) is 9.74. The molecule has 1 N–H and O–H groups in total. The van der Waals surface area contributed by atoms with Crippen molar-refractivity contribution in [3.63, 3.8) is 0 Å². The molecule has 2 aliphatic rings. The number of nitrogens with one attached hydrogen (secondary N) is 1. The van der Waals surface area contributed by atoms with Crippen LogP contribution in [-0.4, -0.2) is 33.2 Å². The normalized spacial score (nSPS) is 14.1. The summed E-state index contributed by atoms with van der Waals surface area (Å²) in [5, 5.41) is 12.1. The second-order valence-electron chi connectivity index (χ2n) is 7.97. The van der Waals surface area contributed by atoms with Gasteiger partial charge >= 0.3 is 0 Å². The Bertz CT molecular complexity index is 1160. The third-order valence-corrected chi connectivity index (χ3v) is 6.75. The van der Waals surface area contributed by atoms with Gasteiger partial charge in [0.25, 0.3) is 0 Å². The van der Waals surface area contributed by atoms with Crippen LogP contribution in [0.5, 0.6) is 17.2 Å². The van der Waals surface area contributed by atoms with Gasteiger partial charge < -0.3 is 24.1 Å². The van der Waals surface area contributed by atoms with Gasteiger partial charge in [-0.15, -0.1) is 10.2 Å². The van der Waals surface area contributed by atoms with Gasteiger partial charge in [0.2, 0.25) is 12.7 Å². The lowest BCUT2D eigenvalue weighted by Gasteiger charge is -2.16. The van der Waals surface area contributed by atoms with Crippen molar-refractivity contribution < 1.29 is 19.0 Å². The van der Waals surface area contributed by atoms with E-state index in [2.05, 4.69) is 27.6 Å². The van der Waals surface area contributed by atoms with Crippen molar-refractivity contribution in [2.75, 3.05) is 17.9 Å². The predicted molar refractivity (Wildman–Crippen MR) is 125 cm³/mol. The fourth-order valence-corrected chi connectivity index (χ4v) is 4.92. The monoisotopic (exact) mass is 466 g/mol. The Hall–Kier alpha value is -3.20. The standard InChI is InChI=1S/C24H26N4O4S/c1-2-28-22(13-30-19-9-7-16-5-3-4-6-17(16)11-19)26-27-24(28)33-14-23(29)25-18-8-10-20-21(12-18)32-15-31-20/h7-12H,2-6,13-15H2,1H3,(H,25,29). The molecule has 1 aromatic heterocycles. The number of hydrogen-bond acceptors (Lipinski definition) is 7. The first-order chi connectivity index (χ1) is 16.2. The van der Waals surface area contributed by atoms with Crippen LogP contribution in [0.15, 0.2) is 41.6 Å². The average molecular weight is 467 g/mol. The Morgan fingerprint density at radius 3 is 2.82 bits per heavy atom. The topological polar surface area (TPSA) is 87.5 Å². The van der Waals surface area contributed by atoms with Crippen molar-refractivity contribution in [1.82, 2.24) is 14.8 Å². The van der Waals surface area contributed by atoms with E-state index in [9.17, 15) is 4.79 Å². The lowest BCUT2D eigenvalue weighted by molar-refractivity contribution is -0.113. The molecular weight excluding hydrogens is 440 g/mol. The van der Waals surface area contributed by atoms with Crippen LogP contribution in [-0.2, 0) is 30.8 Å². The fraction of sp³-hybridized carbons (Fsp3) is 0.375. The molecule has 3 aromatic rings. The van der Waals surface area contributed by atoms with Crippen LogP contribution in [0.4, 0.5) is 5.69 Å². The number of carbonyl (C=O) groups excluding carboxylic acids is 1. The molecule has 0 spiro atoms. The van der Waals surface area contributed by atoms with E-state index in [0.29, 0.717) is 35.5 Å². The molecule has 0 unspecified atom stereocenters.